The van der Waals surface area contributed by atoms with Gasteiger partial charge in [-0.1, -0.05) is 12.1 Å². The van der Waals surface area contributed by atoms with E-state index in [4.69, 9.17) is 18.9 Å². The van der Waals surface area contributed by atoms with Gasteiger partial charge in [0.05, 0.1) is 40.7 Å². The van der Waals surface area contributed by atoms with Crippen molar-refractivity contribution in [3.8, 4) is 23.0 Å². The van der Waals surface area contributed by atoms with Crippen LogP contribution in [0.25, 0.3) is 0 Å². The molecular formula is C22H28N2O5. The second-order valence-corrected chi connectivity index (χ2v) is 6.79. The number of hydrogen-bond donors (Lipinski definition) is 1. The number of ether oxygens (including phenoxy) is 4. The molecule has 1 aliphatic rings. The zero-order valence-electron chi connectivity index (χ0n) is 17.4. The molecule has 1 amide bonds. The first kappa shape index (κ1) is 20.6. The average Bonchev–Trinajstić information content (AvgIpc) is 2.76. The molecule has 7 nitrogen and oxygen atoms in total. The lowest BCUT2D eigenvalue weighted by Gasteiger charge is -2.32. The van der Waals surface area contributed by atoms with Crippen LogP contribution in [0.5, 0.6) is 23.0 Å². The predicted molar refractivity (Wildman–Crippen MR) is 111 cm³/mol. The van der Waals surface area contributed by atoms with Gasteiger partial charge in [0.1, 0.15) is 11.5 Å². The molecule has 0 saturated heterocycles. The Kier molecular flexibility index (Phi) is 6.69. The molecule has 0 fully saturated rings. The second kappa shape index (κ2) is 9.41. The molecule has 0 radical (unpaired) electrons. The van der Waals surface area contributed by atoms with E-state index < -0.39 is 0 Å². The fourth-order valence-electron chi connectivity index (χ4n) is 3.68. The predicted octanol–water partition coefficient (Wildman–Crippen LogP) is 2.79. The van der Waals surface area contributed by atoms with Crippen molar-refractivity contribution >= 4 is 11.6 Å². The van der Waals surface area contributed by atoms with Crippen molar-refractivity contribution in [3.63, 3.8) is 0 Å². The van der Waals surface area contributed by atoms with Crippen LogP contribution in [0.4, 0.5) is 5.69 Å². The van der Waals surface area contributed by atoms with Crippen molar-refractivity contribution in [1.82, 2.24) is 5.32 Å². The van der Waals surface area contributed by atoms with Crippen molar-refractivity contribution in [2.24, 2.45) is 0 Å². The quantitative estimate of drug-likeness (QED) is 0.735. The topological polar surface area (TPSA) is 69.3 Å². The molecule has 29 heavy (non-hydrogen) atoms. The van der Waals surface area contributed by atoms with Gasteiger partial charge in [-0.3, -0.25) is 4.79 Å². The lowest BCUT2D eigenvalue weighted by atomic mass is 10.0. The summed E-state index contributed by atoms with van der Waals surface area (Å²) in [7, 11) is 6.40. The second-order valence-electron chi connectivity index (χ2n) is 6.79. The molecule has 2 aromatic rings. The van der Waals surface area contributed by atoms with E-state index in [-0.39, 0.29) is 12.5 Å². The largest absolute Gasteiger partial charge is 0.496 e. The monoisotopic (exact) mass is 400 g/mol. The molecule has 1 aliphatic heterocycles. The van der Waals surface area contributed by atoms with E-state index in [0.717, 1.165) is 36.4 Å². The molecule has 7 heteroatoms. The molecule has 0 aromatic heterocycles. The Balaban J connectivity index is 1.71. The maximum Gasteiger partial charge on any atom is 0.239 e. The number of nitrogens with one attached hydrogen (secondary N) is 1. The normalized spacial score (nSPS) is 12.8. The van der Waals surface area contributed by atoms with E-state index in [0.29, 0.717) is 23.8 Å². The smallest absolute Gasteiger partial charge is 0.239 e. The molecule has 0 bridgehead atoms. The number of anilines is 1. The lowest BCUT2D eigenvalue weighted by Crippen LogP contribution is -2.39. The molecule has 1 N–H and O–H groups in total. The van der Waals surface area contributed by atoms with Crippen LogP contribution in [0.3, 0.4) is 0 Å². The summed E-state index contributed by atoms with van der Waals surface area (Å²) in [5, 5.41) is 2.98. The van der Waals surface area contributed by atoms with Gasteiger partial charge in [0.15, 0.2) is 11.5 Å². The fourth-order valence-corrected chi connectivity index (χ4v) is 3.68. The molecule has 0 spiro atoms. The van der Waals surface area contributed by atoms with Crippen LogP contribution in [-0.2, 0) is 17.8 Å². The maximum atomic E-state index is 12.7. The van der Waals surface area contributed by atoms with Crippen LogP contribution in [0.15, 0.2) is 30.3 Å². The molecule has 2 aromatic carbocycles. The van der Waals surface area contributed by atoms with Gasteiger partial charge < -0.3 is 29.2 Å². The number of carbonyl (C=O) groups is 1. The SMILES string of the molecule is COc1cc(OC)c(OC)cc1CNC(=O)CN1CCCc2cccc(OC)c21. The highest BCUT2D eigenvalue weighted by Crippen LogP contribution is 2.36. The van der Waals surface area contributed by atoms with Gasteiger partial charge >= 0.3 is 0 Å². The minimum absolute atomic E-state index is 0.0689. The molecule has 3 rings (SSSR count). The molecule has 0 atom stereocenters. The Labute approximate surface area is 171 Å². The summed E-state index contributed by atoms with van der Waals surface area (Å²) < 4.78 is 21.6. The third kappa shape index (κ3) is 4.50. The Morgan fingerprint density at radius 1 is 0.966 bits per heavy atom. The number of fused-ring (bicyclic) bond motifs is 1. The van der Waals surface area contributed by atoms with E-state index in [2.05, 4.69) is 16.3 Å². The number of aryl methyl sites for hydroxylation is 1. The summed E-state index contributed by atoms with van der Waals surface area (Å²) in [5.74, 6) is 2.54. The molecular weight excluding hydrogens is 372 g/mol. The molecule has 0 saturated carbocycles. The first-order chi connectivity index (χ1) is 14.1. The lowest BCUT2D eigenvalue weighted by molar-refractivity contribution is -0.119. The van der Waals surface area contributed by atoms with Gasteiger partial charge in [-0.2, -0.15) is 0 Å². The summed E-state index contributed by atoms with van der Waals surface area (Å²) >= 11 is 0. The van der Waals surface area contributed by atoms with Gasteiger partial charge in [0.25, 0.3) is 0 Å². The summed E-state index contributed by atoms with van der Waals surface area (Å²) in [5.41, 5.74) is 3.04. The van der Waals surface area contributed by atoms with Crippen molar-refractivity contribution in [1.29, 1.82) is 0 Å². The van der Waals surface area contributed by atoms with Crippen LogP contribution in [-0.4, -0.2) is 47.4 Å². The molecule has 1 heterocycles. The number of rotatable bonds is 8. The zero-order chi connectivity index (χ0) is 20.8. The summed E-state index contributed by atoms with van der Waals surface area (Å²) in [4.78, 5) is 14.8. The van der Waals surface area contributed by atoms with Gasteiger partial charge in [-0.15, -0.1) is 0 Å². The van der Waals surface area contributed by atoms with E-state index in [1.807, 2.05) is 18.2 Å². The van der Waals surface area contributed by atoms with Crippen LogP contribution in [0.1, 0.15) is 17.5 Å². The minimum atomic E-state index is -0.0689. The Bertz CT molecular complexity index is 854. The van der Waals surface area contributed by atoms with E-state index in [1.165, 1.54) is 5.56 Å². The number of hydrogen-bond acceptors (Lipinski definition) is 6. The fraction of sp³-hybridized carbons (Fsp3) is 0.409. The summed E-state index contributed by atoms with van der Waals surface area (Å²) in [6.45, 7) is 1.42. The van der Waals surface area contributed by atoms with Crippen LogP contribution >= 0.6 is 0 Å². The van der Waals surface area contributed by atoms with Crippen molar-refractivity contribution in [2.45, 2.75) is 19.4 Å². The number of para-hydroxylation sites is 1. The van der Waals surface area contributed by atoms with Crippen LogP contribution in [0, 0.1) is 0 Å². The zero-order valence-corrected chi connectivity index (χ0v) is 17.4. The maximum absolute atomic E-state index is 12.7. The highest BCUT2D eigenvalue weighted by Gasteiger charge is 2.23. The first-order valence-corrected chi connectivity index (χ1v) is 9.57. The number of benzene rings is 2. The Morgan fingerprint density at radius 3 is 2.34 bits per heavy atom. The summed E-state index contributed by atoms with van der Waals surface area (Å²) in [6.07, 6.45) is 2.00. The van der Waals surface area contributed by atoms with E-state index >= 15 is 0 Å². The van der Waals surface area contributed by atoms with Gasteiger partial charge in [-0.05, 0) is 30.5 Å². The molecule has 156 valence electrons. The number of methoxy groups -OCH3 is 4. The minimum Gasteiger partial charge on any atom is -0.496 e. The standard InChI is InChI=1S/C22H28N2O5/c1-26-17-9-5-7-15-8-6-10-24(22(15)17)14-21(25)23-13-16-11-19(28-3)20(29-4)12-18(16)27-2/h5,7,9,11-12H,6,8,10,13-14H2,1-4H3,(H,23,25). The van der Waals surface area contributed by atoms with E-state index in [1.54, 1.807) is 34.5 Å². The van der Waals surface area contributed by atoms with E-state index in [9.17, 15) is 4.79 Å². The molecule has 0 unspecified atom stereocenters. The Hall–Kier alpha value is -3.09. The highest BCUT2D eigenvalue weighted by atomic mass is 16.5. The number of carbonyl (C=O) groups excluding carboxylic acids is 1. The average molecular weight is 400 g/mol. The van der Waals surface area contributed by atoms with Gasteiger partial charge in [0.2, 0.25) is 5.91 Å². The summed E-state index contributed by atoms with van der Waals surface area (Å²) in [6, 6.07) is 9.59. The third-order valence-corrected chi connectivity index (χ3v) is 5.09. The Morgan fingerprint density at radius 2 is 1.66 bits per heavy atom. The van der Waals surface area contributed by atoms with Crippen molar-refractivity contribution in [2.75, 3.05) is 46.4 Å². The number of amides is 1. The number of nitrogens with zero attached hydrogens (tertiary/aromatic N) is 1. The first-order valence-electron chi connectivity index (χ1n) is 9.57. The van der Waals surface area contributed by atoms with Crippen molar-refractivity contribution in [3.05, 3.63) is 41.5 Å². The third-order valence-electron chi connectivity index (χ3n) is 5.09. The molecule has 0 aliphatic carbocycles. The van der Waals surface area contributed by atoms with Crippen LogP contribution < -0.4 is 29.2 Å². The van der Waals surface area contributed by atoms with Crippen molar-refractivity contribution < 1.29 is 23.7 Å². The van der Waals surface area contributed by atoms with Gasteiger partial charge in [-0.25, -0.2) is 0 Å². The van der Waals surface area contributed by atoms with Crippen LogP contribution in [0.2, 0.25) is 0 Å². The van der Waals surface area contributed by atoms with Gasteiger partial charge in [0, 0.05) is 24.7 Å². The highest BCUT2D eigenvalue weighted by molar-refractivity contribution is 5.83.